The van der Waals surface area contributed by atoms with E-state index in [4.69, 9.17) is 9.72 Å². The number of hydrogen-bond donors (Lipinski definition) is 2. The van der Waals surface area contributed by atoms with Gasteiger partial charge in [0.1, 0.15) is 0 Å². The molecule has 2 aromatic heterocycles. The van der Waals surface area contributed by atoms with Crippen LogP contribution in [0.25, 0.3) is 22.2 Å². The molecule has 1 amide bonds. The maximum Gasteiger partial charge on any atom is 0.252 e. The average Bonchev–Trinajstić information content (AvgIpc) is 3.55. The van der Waals surface area contributed by atoms with Gasteiger partial charge in [-0.05, 0) is 68.6 Å². The van der Waals surface area contributed by atoms with E-state index in [1.165, 1.54) is 12.8 Å². The molecule has 0 bridgehead atoms. The van der Waals surface area contributed by atoms with E-state index in [9.17, 15) is 9.90 Å². The van der Waals surface area contributed by atoms with Crippen LogP contribution < -0.4 is 10.1 Å². The van der Waals surface area contributed by atoms with Crippen molar-refractivity contribution in [3.05, 3.63) is 54.2 Å². The van der Waals surface area contributed by atoms with E-state index in [1.807, 2.05) is 49.4 Å². The minimum atomic E-state index is -0.0400. The number of rotatable bonds is 8. The number of likely N-dealkylation sites (tertiary alicyclic amines) is 1. The molecule has 3 fully saturated rings. The Bertz CT molecular complexity index is 1230. The first-order valence-corrected chi connectivity index (χ1v) is 13.3. The molecule has 7 nitrogen and oxygen atoms in total. The Kier molecular flexibility index (Phi) is 6.36. The summed E-state index contributed by atoms with van der Waals surface area (Å²) in [5.74, 6) is 2.42. The normalized spacial score (nSPS) is 24.6. The van der Waals surface area contributed by atoms with Crippen LogP contribution in [-0.2, 0) is 0 Å². The number of nitrogens with zero attached hydrogens (tertiary/aromatic N) is 3. The third-order valence-corrected chi connectivity index (χ3v) is 8.22. The van der Waals surface area contributed by atoms with Crippen LogP contribution in [0.1, 0.15) is 43.0 Å². The summed E-state index contributed by atoms with van der Waals surface area (Å²) >= 11 is 0. The van der Waals surface area contributed by atoms with E-state index in [0.717, 1.165) is 48.1 Å². The molecule has 3 aromatic rings. The first kappa shape index (κ1) is 23.4. The highest BCUT2D eigenvalue weighted by Gasteiger charge is 2.45. The van der Waals surface area contributed by atoms with E-state index in [-0.39, 0.29) is 18.6 Å². The topological polar surface area (TPSA) is 87.6 Å². The van der Waals surface area contributed by atoms with Crippen LogP contribution in [0.2, 0.25) is 0 Å². The number of hydrogen-bond acceptors (Lipinski definition) is 6. The average molecular weight is 487 g/mol. The van der Waals surface area contributed by atoms with Gasteiger partial charge >= 0.3 is 0 Å². The van der Waals surface area contributed by atoms with Gasteiger partial charge in [-0.2, -0.15) is 0 Å². The minimum absolute atomic E-state index is 0.0400. The smallest absolute Gasteiger partial charge is 0.252 e. The van der Waals surface area contributed by atoms with Crippen molar-refractivity contribution in [1.29, 1.82) is 0 Å². The third kappa shape index (κ3) is 4.58. The number of carbonyl (C=O) groups is 1. The zero-order valence-corrected chi connectivity index (χ0v) is 20.8. The van der Waals surface area contributed by atoms with Gasteiger partial charge in [0.05, 0.1) is 30.0 Å². The second kappa shape index (κ2) is 9.79. The highest BCUT2D eigenvalue weighted by Crippen LogP contribution is 2.43. The number of amides is 1. The van der Waals surface area contributed by atoms with E-state index in [1.54, 1.807) is 6.20 Å². The van der Waals surface area contributed by atoms with Gasteiger partial charge in [0.2, 0.25) is 5.88 Å². The number of aliphatic hydroxyl groups excluding tert-OH is 1. The van der Waals surface area contributed by atoms with Crippen molar-refractivity contribution in [2.45, 2.75) is 44.7 Å². The van der Waals surface area contributed by atoms with Crippen LogP contribution in [0, 0.1) is 17.8 Å². The fraction of sp³-hybridized carbons (Fsp3) is 0.483. The van der Waals surface area contributed by atoms with E-state index in [2.05, 4.69) is 15.2 Å². The number of aliphatic hydroxyl groups is 1. The van der Waals surface area contributed by atoms with Crippen molar-refractivity contribution in [3.8, 4) is 17.1 Å². The molecule has 7 heteroatoms. The second-order valence-electron chi connectivity index (χ2n) is 10.6. The summed E-state index contributed by atoms with van der Waals surface area (Å²) in [5, 5.41) is 14.1. The largest absolute Gasteiger partial charge is 0.478 e. The number of ether oxygens (including phenoxy) is 1. The molecule has 36 heavy (non-hydrogen) atoms. The van der Waals surface area contributed by atoms with Crippen molar-refractivity contribution in [2.24, 2.45) is 17.8 Å². The zero-order chi connectivity index (χ0) is 24.6. The van der Waals surface area contributed by atoms with E-state index >= 15 is 0 Å². The number of para-hydroxylation sites is 1. The molecule has 6 rings (SSSR count). The molecule has 2 unspecified atom stereocenters. The molecule has 188 valence electrons. The molecule has 2 aliphatic carbocycles. The Hall–Kier alpha value is -3.03. The predicted molar refractivity (Wildman–Crippen MR) is 139 cm³/mol. The monoisotopic (exact) mass is 486 g/mol. The maximum absolute atomic E-state index is 13.6. The molecular formula is C29H34N4O3. The Balaban J connectivity index is 1.18. The number of fused-ring (bicyclic) bond motifs is 2. The molecule has 1 aromatic carbocycles. The highest BCUT2D eigenvalue weighted by atomic mass is 16.5. The number of carbonyl (C=O) groups excluding carboxylic acids is 1. The summed E-state index contributed by atoms with van der Waals surface area (Å²) in [5.41, 5.74) is 3.02. The molecule has 3 heterocycles. The fourth-order valence-corrected chi connectivity index (χ4v) is 6.31. The first-order valence-electron chi connectivity index (χ1n) is 13.3. The van der Waals surface area contributed by atoms with Gasteiger partial charge in [-0.1, -0.05) is 18.2 Å². The SMILES string of the molecule is CCOc1ccc(-c2cc(C(=O)NC3C[C@@H]4CN(C(CO)C5CC5)C[C@@H]4C3)c3ccccc3n2)cn1. The standard InChI is InChI=1S/C29H34N4O3/c1-2-36-28-10-9-19(14-30-28)26-13-24(23-5-3-4-6-25(23)32-26)29(35)31-22-11-20-15-33(16-21(20)12-22)27(17-34)18-7-8-18/h3-6,9-10,13-14,18,20-22,27,34H,2,7-8,11-12,15-17H2,1H3,(H,31,35)/t20-,21+,22?,27?. The molecule has 0 spiro atoms. The molecule has 1 saturated heterocycles. The first-order chi connectivity index (χ1) is 17.6. The van der Waals surface area contributed by atoms with Gasteiger partial charge in [-0.15, -0.1) is 0 Å². The molecule has 2 N–H and O–H groups in total. The van der Waals surface area contributed by atoms with Crippen molar-refractivity contribution in [3.63, 3.8) is 0 Å². The van der Waals surface area contributed by atoms with Crippen LogP contribution >= 0.6 is 0 Å². The Morgan fingerprint density at radius 3 is 2.61 bits per heavy atom. The second-order valence-corrected chi connectivity index (χ2v) is 10.6. The fourth-order valence-electron chi connectivity index (χ4n) is 6.31. The lowest BCUT2D eigenvalue weighted by atomic mass is 10.0. The van der Waals surface area contributed by atoms with Crippen molar-refractivity contribution in [2.75, 3.05) is 26.3 Å². The lowest BCUT2D eigenvalue weighted by molar-refractivity contribution is 0.0932. The number of benzene rings is 1. The van der Waals surface area contributed by atoms with Crippen molar-refractivity contribution >= 4 is 16.8 Å². The Morgan fingerprint density at radius 2 is 1.94 bits per heavy atom. The van der Waals surface area contributed by atoms with Gasteiger partial charge in [0, 0.05) is 48.4 Å². The summed E-state index contributed by atoms with van der Waals surface area (Å²) in [6, 6.07) is 14.0. The van der Waals surface area contributed by atoms with E-state index in [0.29, 0.717) is 41.8 Å². The van der Waals surface area contributed by atoms with Crippen molar-refractivity contribution < 1.29 is 14.6 Å². The van der Waals surface area contributed by atoms with Crippen molar-refractivity contribution in [1.82, 2.24) is 20.2 Å². The highest BCUT2D eigenvalue weighted by molar-refractivity contribution is 6.07. The number of aromatic nitrogens is 2. The molecule has 2 saturated carbocycles. The summed E-state index contributed by atoms with van der Waals surface area (Å²) in [7, 11) is 0. The van der Waals surface area contributed by atoms with Crippen LogP contribution in [0.5, 0.6) is 5.88 Å². The number of nitrogens with one attached hydrogen (secondary N) is 1. The Labute approximate surface area is 211 Å². The minimum Gasteiger partial charge on any atom is -0.478 e. The van der Waals surface area contributed by atoms with Gasteiger partial charge in [-0.25, -0.2) is 9.97 Å². The molecule has 3 aliphatic rings. The van der Waals surface area contributed by atoms with Crippen LogP contribution in [0.4, 0.5) is 0 Å². The zero-order valence-electron chi connectivity index (χ0n) is 20.8. The summed E-state index contributed by atoms with van der Waals surface area (Å²) in [6.07, 6.45) is 6.27. The quantitative estimate of drug-likeness (QED) is 0.502. The van der Waals surface area contributed by atoms with Crippen LogP contribution in [-0.4, -0.2) is 64.3 Å². The van der Waals surface area contributed by atoms with Gasteiger partial charge in [-0.3, -0.25) is 9.69 Å². The van der Waals surface area contributed by atoms with Crippen LogP contribution in [0.3, 0.4) is 0 Å². The van der Waals surface area contributed by atoms with Gasteiger partial charge < -0.3 is 15.2 Å². The molecular weight excluding hydrogens is 452 g/mol. The predicted octanol–water partition coefficient (Wildman–Crippen LogP) is 3.91. The molecule has 1 aliphatic heterocycles. The summed E-state index contributed by atoms with van der Waals surface area (Å²) in [4.78, 5) is 25.2. The van der Waals surface area contributed by atoms with Crippen LogP contribution in [0.15, 0.2) is 48.7 Å². The lowest BCUT2D eigenvalue weighted by Gasteiger charge is -2.27. The summed E-state index contributed by atoms with van der Waals surface area (Å²) < 4.78 is 5.46. The third-order valence-electron chi connectivity index (χ3n) is 8.22. The van der Waals surface area contributed by atoms with Gasteiger partial charge in [0.15, 0.2) is 0 Å². The Morgan fingerprint density at radius 1 is 1.17 bits per heavy atom. The van der Waals surface area contributed by atoms with E-state index < -0.39 is 0 Å². The molecule has 4 atom stereocenters. The van der Waals surface area contributed by atoms with Gasteiger partial charge in [0.25, 0.3) is 5.91 Å². The number of pyridine rings is 2. The summed E-state index contributed by atoms with van der Waals surface area (Å²) in [6.45, 7) is 4.86. The maximum atomic E-state index is 13.6. The molecule has 0 radical (unpaired) electrons. The lowest BCUT2D eigenvalue weighted by Crippen LogP contribution is -2.40.